The molecule has 4 heteroatoms. The molecule has 2 heterocycles. The summed E-state index contributed by atoms with van der Waals surface area (Å²) in [6.45, 7) is 0.910. The van der Waals surface area contributed by atoms with E-state index in [0.29, 0.717) is 6.04 Å². The molecule has 2 aliphatic rings. The Balaban J connectivity index is 1.54. The van der Waals surface area contributed by atoms with Gasteiger partial charge in [-0.25, -0.2) is 0 Å². The quantitative estimate of drug-likeness (QED) is 0.835. The van der Waals surface area contributed by atoms with Crippen molar-refractivity contribution in [3.8, 4) is 11.1 Å². The minimum Gasteiger partial charge on any atom is -0.336 e. The number of carbonyl (C=O) groups is 1. The van der Waals surface area contributed by atoms with Gasteiger partial charge in [0.15, 0.2) is 0 Å². The molecule has 2 aromatic rings. The number of aromatic nitrogens is 2. The highest BCUT2D eigenvalue weighted by Crippen LogP contribution is 2.35. The Kier molecular flexibility index (Phi) is 4.60. The van der Waals surface area contributed by atoms with Crippen LogP contribution in [0.4, 0.5) is 0 Å². The van der Waals surface area contributed by atoms with Crippen LogP contribution in [0.25, 0.3) is 11.1 Å². The summed E-state index contributed by atoms with van der Waals surface area (Å²) in [6.07, 6.45) is 12.7. The standard InChI is InChI=1S/C21H27N3O/c1-23-15-19(14-22-23)17-8-5-9-18(13-17)21(25)24-11-3-2-10-20(24)12-16-6-4-7-16/h5,8-9,13-16,20H,2-4,6-7,10-12H2,1H3. The first-order chi connectivity index (χ1) is 12.2. The monoisotopic (exact) mass is 337 g/mol. The third-order valence-electron chi connectivity index (χ3n) is 5.87. The fraction of sp³-hybridized carbons (Fsp3) is 0.524. The van der Waals surface area contributed by atoms with Crippen LogP contribution in [0.5, 0.6) is 0 Å². The van der Waals surface area contributed by atoms with Crippen molar-refractivity contribution >= 4 is 5.91 Å². The Morgan fingerprint density at radius 3 is 2.76 bits per heavy atom. The molecule has 1 amide bonds. The maximum Gasteiger partial charge on any atom is 0.254 e. The lowest BCUT2D eigenvalue weighted by atomic mass is 9.79. The molecule has 132 valence electrons. The molecule has 1 aromatic carbocycles. The predicted octanol–water partition coefficient (Wildman–Crippen LogP) is 4.27. The van der Waals surface area contributed by atoms with E-state index in [1.54, 1.807) is 4.68 Å². The molecule has 1 unspecified atom stereocenters. The molecule has 1 saturated heterocycles. The lowest BCUT2D eigenvalue weighted by molar-refractivity contribution is 0.0549. The predicted molar refractivity (Wildman–Crippen MR) is 99.3 cm³/mol. The van der Waals surface area contributed by atoms with Crippen molar-refractivity contribution in [2.24, 2.45) is 13.0 Å². The van der Waals surface area contributed by atoms with Gasteiger partial charge in [-0.1, -0.05) is 31.4 Å². The molecule has 1 aliphatic carbocycles. The van der Waals surface area contributed by atoms with Crippen molar-refractivity contribution in [3.63, 3.8) is 0 Å². The molecular weight excluding hydrogens is 310 g/mol. The summed E-state index contributed by atoms with van der Waals surface area (Å²) in [7, 11) is 1.91. The van der Waals surface area contributed by atoms with E-state index < -0.39 is 0 Å². The van der Waals surface area contributed by atoms with E-state index >= 15 is 0 Å². The van der Waals surface area contributed by atoms with Crippen LogP contribution < -0.4 is 0 Å². The molecule has 0 spiro atoms. The van der Waals surface area contributed by atoms with Crippen molar-refractivity contribution in [2.45, 2.75) is 51.0 Å². The van der Waals surface area contributed by atoms with Gasteiger partial charge in [-0.3, -0.25) is 9.48 Å². The van der Waals surface area contributed by atoms with Gasteiger partial charge in [0.25, 0.3) is 5.91 Å². The molecule has 2 fully saturated rings. The van der Waals surface area contributed by atoms with E-state index in [4.69, 9.17) is 0 Å². The smallest absolute Gasteiger partial charge is 0.254 e. The lowest BCUT2D eigenvalue weighted by Crippen LogP contribution is -2.45. The Bertz CT molecular complexity index is 747. The van der Waals surface area contributed by atoms with Gasteiger partial charge in [0.1, 0.15) is 0 Å². The van der Waals surface area contributed by atoms with E-state index in [9.17, 15) is 4.79 Å². The third-order valence-corrected chi connectivity index (χ3v) is 5.87. The third kappa shape index (κ3) is 3.48. The molecule has 4 nitrogen and oxygen atoms in total. The molecule has 0 N–H and O–H groups in total. The van der Waals surface area contributed by atoms with E-state index in [1.807, 2.05) is 37.6 Å². The first-order valence-corrected chi connectivity index (χ1v) is 9.61. The minimum atomic E-state index is 0.203. The van der Waals surface area contributed by atoms with Gasteiger partial charge < -0.3 is 4.90 Å². The summed E-state index contributed by atoms with van der Waals surface area (Å²) < 4.78 is 1.79. The van der Waals surface area contributed by atoms with Crippen molar-refractivity contribution in [3.05, 3.63) is 42.2 Å². The average molecular weight is 337 g/mol. The molecule has 1 atom stereocenters. The number of likely N-dealkylation sites (tertiary alicyclic amines) is 1. The number of carbonyl (C=O) groups excluding carboxylic acids is 1. The van der Waals surface area contributed by atoms with Crippen LogP contribution in [0.1, 0.15) is 55.3 Å². The zero-order valence-corrected chi connectivity index (χ0v) is 15.0. The fourth-order valence-corrected chi connectivity index (χ4v) is 4.19. The molecule has 1 saturated carbocycles. The van der Waals surface area contributed by atoms with Gasteiger partial charge in [-0.15, -0.1) is 0 Å². The first-order valence-electron chi connectivity index (χ1n) is 9.61. The highest BCUT2D eigenvalue weighted by Gasteiger charge is 2.31. The highest BCUT2D eigenvalue weighted by molar-refractivity contribution is 5.95. The molecule has 25 heavy (non-hydrogen) atoms. The van der Waals surface area contributed by atoms with Crippen LogP contribution in [0.15, 0.2) is 36.7 Å². The summed E-state index contributed by atoms with van der Waals surface area (Å²) in [5.41, 5.74) is 2.93. The number of rotatable bonds is 4. The number of hydrogen-bond donors (Lipinski definition) is 0. The second-order valence-corrected chi connectivity index (χ2v) is 7.66. The first kappa shape index (κ1) is 16.4. The SMILES string of the molecule is Cn1cc(-c2cccc(C(=O)N3CCCCC3CC3CCC3)c2)cn1. The van der Waals surface area contributed by atoms with E-state index in [1.165, 1.54) is 38.5 Å². The van der Waals surface area contributed by atoms with Crippen LogP contribution in [0, 0.1) is 5.92 Å². The van der Waals surface area contributed by atoms with E-state index in [-0.39, 0.29) is 5.91 Å². The van der Waals surface area contributed by atoms with Crippen molar-refractivity contribution < 1.29 is 4.79 Å². The van der Waals surface area contributed by atoms with Crippen LogP contribution in [-0.4, -0.2) is 33.2 Å². The lowest BCUT2D eigenvalue weighted by Gasteiger charge is -2.39. The Morgan fingerprint density at radius 2 is 2.04 bits per heavy atom. The maximum absolute atomic E-state index is 13.2. The molecule has 0 radical (unpaired) electrons. The zero-order chi connectivity index (χ0) is 17.2. The fourth-order valence-electron chi connectivity index (χ4n) is 4.19. The maximum atomic E-state index is 13.2. The van der Waals surface area contributed by atoms with Crippen LogP contribution in [-0.2, 0) is 7.05 Å². The van der Waals surface area contributed by atoms with Crippen LogP contribution >= 0.6 is 0 Å². The Morgan fingerprint density at radius 1 is 1.16 bits per heavy atom. The van der Waals surface area contributed by atoms with Crippen molar-refractivity contribution in [1.82, 2.24) is 14.7 Å². The summed E-state index contributed by atoms with van der Waals surface area (Å²) in [6, 6.07) is 8.45. The van der Waals surface area contributed by atoms with E-state index in [2.05, 4.69) is 16.1 Å². The van der Waals surface area contributed by atoms with Crippen LogP contribution in [0.2, 0.25) is 0 Å². The largest absolute Gasteiger partial charge is 0.336 e. The zero-order valence-electron chi connectivity index (χ0n) is 15.0. The summed E-state index contributed by atoms with van der Waals surface area (Å²) in [5.74, 6) is 1.05. The molecule has 4 rings (SSSR count). The molecule has 0 bridgehead atoms. The van der Waals surface area contributed by atoms with Crippen molar-refractivity contribution in [1.29, 1.82) is 0 Å². The average Bonchev–Trinajstić information content (AvgIpc) is 3.04. The number of piperidine rings is 1. The number of aryl methyl sites for hydroxylation is 1. The van der Waals surface area contributed by atoms with Gasteiger partial charge in [-0.05, 0) is 49.3 Å². The van der Waals surface area contributed by atoms with Gasteiger partial charge in [0.2, 0.25) is 0 Å². The molecule has 1 aromatic heterocycles. The highest BCUT2D eigenvalue weighted by atomic mass is 16.2. The minimum absolute atomic E-state index is 0.203. The van der Waals surface area contributed by atoms with Gasteiger partial charge >= 0.3 is 0 Å². The van der Waals surface area contributed by atoms with Gasteiger partial charge in [0, 0.05) is 37.0 Å². The Labute approximate surface area is 149 Å². The summed E-state index contributed by atoms with van der Waals surface area (Å²) >= 11 is 0. The number of benzene rings is 1. The number of hydrogen-bond acceptors (Lipinski definition) is 2. The summed E-state index contributed by atoms with van der Waals surface area (Å²) in [5, 5.41) is 4.24. The number of amides is 1. The van der Waals surface area contributed by atoms with Gasteiger partial charge in [0.05, 0.1) is 6.20 Å². The second kappa shape index (κ2) is 7.03. The Hall–Kier alpha value is -2.10. The van der Waals surface area contributed by atoms with Crippen LogP contribution in [0.3, 0.4) is 0 Å². The number of nitrogens with zero attached hydrogens (tertiary/aromatic N) is 3. The summed E-state index contributed by atoms with van der Waals surface area (Å²) in [4.78, 5) is 15.3. The van der Waals surface area contributed by atoms with Gasteiger partial charge in [-0.2, -0.15) is 5.10 Å². The second-order valence-electron chi connectivity index (χ2n) is 7.66. The van der Waals surface area contributed by atoms with Crippen molar-refractivity contribution in [2.75, 3.05) is 6.54 Å². The molecule has 1 aliphatic heterocycles. The van der Waals surface area contributed by atoms with E-state index in [0.717, 1.165) is 35.6 Å². The topological polar surface area (TPSA) is 38.1 Å². The normalized spacial score (nSPS) is 21.2. The molecular formula is C21H27N3O.